The summed E-state index contributed by atoms with van der Waals surface area (Å²) in [5, 5.41) is 9.62. The van der Waals surface area contributed by atoms with Crippen molar-refractivity contribution >= 4 is 11.9 Å². The number of esters is 1. The van der Waals surface area contributed by atoms with Crippen molar-refractivity contribution in [2.75, 3.05) is 13.7 Å². The molecule has 2 aliphatic heterocycles. The quantitative estimate of drug-likeness (QED) is 0.687. The SMILES string of the molecule is COC(=O)C1CC(O)CN1C(=O)C1CCC(C)O1. The highest BCUT2D eigenvalue weighted by atomic mass is 16.5. The van der Waals surface area contributed by atoms with E-state index in [0.717, 1.165) is 6.42 Å². The lowest BCUT2D eigenvalue weighted by Gasteiger charge is -2.25. The zero-order chi connectivity index (χ0) is 13.3. The smallest absolute Gasteiger partial charge is 0.328 e. The molecule has 0 aromatic carbocycles. The summed E-state index contributed by atoms with van der Waals surface area (Å²) < 4.78 is 10.2. The van der Waals surface area contributed by atoms with Gasteiger partial charge in [0.2, 0.25) is 0 Å². The monoisotopic (exact) mass is 257 g/mol. The summed E-state index contributed by atoms with van der Waals surface area (Å²) >= 11 is 0. The van der Waals surface area contributed by atoms with Crippen molar-refractivity contribution in [2.24, 2.45) is 0 Å². The maximum Gasteiger partial charge on any atom is 0.328 e. The van der Waals surface area contributed by atoms with Crippen molar-refractivity contribution in [3.63, 3.8) is 0 Å². The van der Waals surface area contributed by atoms with Crippen molar-refractivity contribution < 1.29 is 24.2 Å². The average molecular weight is 257 g/mol. The molecule has 0 aliphatic carbocycles. The van der Waals surface area contributed by atoms with Gasteiger partial charge in [0.15, 0.2) is 0 Å². The summed E-state index contributed by atoms with van der Waals surface area (Å²) in [7, 11) is 1.28. The maximum absolute atomic E-state index is 12.3. The number of ether oxygens (including phenoxy) is 2. The number of likely N-dealkylation sites (tertiary alicyclic amines) is 1. The Kier molecular flexibility index (Phi) is 3.87. The van der Waals surface area contributed by atoms with Crippen LogP contribution in [0.25, 0.3) is 0 Å². The minimum atomic E-state index is -0.683. The van der Waals surface area contributed by atoms with Crippen LogP contribution in [0.15, 0.2) is 0 Å². The fraction of sp³-hybridized carbons (Fsp3) is 0.833. The van der Waals surface area contributed by atoms with Crippen LogP contribution in [0.5, 0.6) is 0 Å². The van der Waals surface area contributed by atoms with E-state index in [1.165, 1.54) is 12.0 Å². The second-order valence-electron chi connectivity index (χ2n) is 4.93. The van der Waals surface area contributed by atoms with Gasteiger partial charge in [-0.2, -0.15) is 0 Å². The Hall–Kier alpha value is -1.14. The number of aliphatic hydroxyl groups is 1. The summed E-state index contributed by atoms with van der Waals surface area (Å²) in [4.78, 5) is 25.2. The molecule has 1 N–H and O–H groups in total. The van der Waals surface area contributed by atoms with Gasteiger partial charge in [-0.1, -0.05) is 0 Å². The summed E-state index contributed by atoms with van der Waals surface area (Å²) in [5.74, 6) is -0.697. The van der Waals surface area contributed by atoms with Crippen LogP contribution in [0.4, 0.5) is 0 Å². The molecule has 18 heavy (non-hydrogen) atoms. The van der Waals surface area contributed by atoms with Gasteiger partial charge in [-0.3, -0.25) is 4.79 Å². The first-order valence-electron chi connectivity index (χ1n) is 6.24. The molecule has 1 amide bonds. The van der Waals surface area contributed by atoms with Gasteiger partial charge in [0, 0.05) is 13.0 Å². The normalized spacial score (nSPS) is 35.8. The number of carbonyl (C=O) groups is 2. The van der Waals surface area contributed by atoms with Crippen molar-refractivity contribution in [3.05, 3.63) is 0 Å². The number of amides is 1. The number of rotatable bonds is 2. The number of hydrogen-bond acceptors (Lipinski definition) is 5. The van der Waals surface area contributed by atoms with E-state index in [0.29, 0.717) is 6.42 Å². The minimum Gasteiger partial charge on any atom is -0.467 e. The van der Waals surface area contributed by atoms with Crippen LogP contribution >= 0.6 is 0 Å². The Morgan fingerprint density at radius 2 is 2.11 bits per heavy atom. The van der Waals surface area contributed by atoms with Gasteiger partial charge in [-0.15, -0.1) is 0 Å². The van der Waals surface area contributed by atoms with Crippen LogP contribution < -0.4 is 0 Å². The zero-order valence-corrected chi connectivity index (χ0v) is 10.7. The van der Waals surface area contributed by atoms with E-state index >= 15 is 0 Å². The van der Waals surface area contributed by atoms with Gasteiger partial charge in [-0.05, 0) is 19.8 Å². The largest absolute Gasteiger partial charge is 0.467 e. The number of aliphatic hydroxyl groups excluding tert-OH is 1. The van der Waals surface area contributed by atoms with Crippen LogP contribution in [0.1, 0.15) is 26.2 Å². The molecule has 2 rings (SSSR count). The van der Waals surface area contributed by atoms with E-state index < -0.39 is 24.2 Å². The maximum atomic E-state index is 12.3. The summed E-state index contributed by atoms with van der Waals surface area (Å²) in [6.45, 7) is 2.09. The standard InChI is InChI=1S/C12H19NO5/c1-7-3-4-10(18-7)11(15)13-6-8(14)5-9(13)12(16)17-2/h7-10,14H,3-6H2,1-2H3. The highest BCUT2D eigenvalue weighted by Crippen LogP contribution is 2.26. The molecular weight excluding hydrogens is 238 g/mol. The fourth-order valence-electron chi connectivity index (χ4n) is 2.59. The lowest BCUT2D eigenvalue weighted by molar-refractivity contribution is -0.155. The lowest BCUT2D eigenvalue weighted by Crippen LogP contribution is -2.46. The number of nitrogens with zero attached hydrogens (tertiary/aromatic N) is 1. The van der Waals surface area contributed by atoms with Gasteiger partial charge in [0.1, 0.15) is 12.1 Å². The van der Waals surface area contributed by atoms with Crippen molar-refractivity contribution in [2.45, 2.75) is 50.5 Å². The third-order valence-corrected chi connectivity index (χ3v) is 3.54. The number of carbonyl (C=O) groups excluding carboxylic acids is 2. The molecule has 0 bridgehead atoms. The van der Waals surface area contributed by atoms with Crippen LogP contribution in [0, 0.1) is 0 Å². The predicted molar refractivity (Wildman–Crippen MR) is 61.7 cm³/mol. The van der Waals surface area contributed by atoms with E-state index in [1.807, 2.05) is 6.92 Å². The molecule has 4 atom stereocenters. The van der Waals surface area contributed by atoms with Crippen LogP contribution in [-0.2, 0) is 19.1 Å². The Labute approximate surface area is 106 Å². The molecule has 0 radical (unpaired) electrons. The van der Waals surface area contributed by atoms with E-state index in [9.17, 15) is 14.7 Å². The molecule has 2 saturated heterocycles. The predicted octanol–water partition coefficient (Wildman–Crippen LogP) is -0.311. The van der Waals surface area contributed by atoms with Crippen molar-refractivity contribution in [1.82, 2.24) is 4.90 Å². The molecule has 2 fully saturated rings. The number of β-amino-alcohol motifs (C(OH)–C–C–N with tert-alkyl or cyclic N) is 1. The first-order chi connectivity index (χ1) is 8.52. The van der Waals surface area contributed by atoms with Gasteiger partial charge in [0.05, 0.1) is 19.3 Å². The summed E-state index contributed by atoms with van der Waals surface area (Å²) in [5.41, 5.74) is 0. The molecular formula is C12H19NO5. The zero-order valence-electron chi connectivity index (χ0n) is 10.7. The van der Waals surface area contributed by atoms with Gasteiger partial charge in [0.25, 0.3) is 5.91 Å². The first kappa shape index (κ1) is 13.3. The third-order valence-electron chi connectivity index (χ3n) is 3.54. The second kappa shape index (κ2) is 5.24. The summed E-state index contributed by atoms with van der Waals surface area (Å²) in [6.07, 6.45) is 0.661. The molecule has 2 aliphatic rings. The highest BCUT2D eigenvalue weighted by Gasteiger charge is 2.43. The first-order valence-corrected chi connectivity index (χ1v) is 6.24. The molecule has 0 aromatic heterocycles. The van der Waals surface area contributed by atoms with Gasteiger partial charge >= 0.3 is 5.97 Å². The molecule has 6 nitrogen and oxygen atoms in total. The number of methoxy groups -OCH3 is 1. The van der Waals surface area contributed by atoms with Crippen molar-refractivity contribution in [1.29, 1.82) is 0 Å². The third kappa shape index (κ3) is 2.49. The molecule has 6 heteroatoms. The second-order valence-corrected chi connectivity index (χ2v) is 4.93. The fourth-order valence-corrected chi connectivity index (χ4v) is 2.59. The summed E-state index contributed by atoms with van der Waals surface area (Å²) in [6, 6.07) is -0.683. The Morgan fingerprint density at radius 1 is 1.39 bits per heavy atom. The highest BCUT2D eigenvalue weighted by molar-refractivity contribution is 5.88. The molecule has 102 valence electrons. The van der Waals surface area contributed by atoms with E-state index in [1.54, 1.807) is 0 Å². The Balaban J connectivity index is 2.05. The minimum absolute atomic E-state index is 0.0723. The Morgan fingerprint density at radius 3 is 2.67 bits per heavy atom. The van der Waals surface area contributed by atoms with Crippen LogP contribution in [-0.4, -0.2) is 59.9 Å². The van der Waals surface area contributed by atoms with Crippen molar-refractivity contribution in [3.8, 4) is 0 Å². The average Bonchev–Trinajstić information content (AvgIpc) is 2.93. The van der Waals surface area contributed by atoms with E-state index in [4.69, 9.17) is 4.74 Å². The molecule has 2 heterocycles. The topological polar surface area (TPSA) is 76.1 Å². The Bertz CT molecular complexity index is 345. The molecule has 0 aromatic rings. The molecule has 0 spiro atoms. The molecule has 0 saturated carbocycles. The lowest BCUT2D eigenvalue weighted by atomic mass is 10.1. The molecule has 4 unspecified atom stereocenters. The van der Waals surface area contributed by atoms with Gasteiger partial charge < -0.3 is 19.5 Å². The van der Waals surface area contributed by atoms with E-state index in [-0.39, 0.29) is 25.0 Å². The van der Waals surface area contributed by atoms with Gasteiger partial charge in [-0.25, -0.2) is 4.79 Å². The van der Waals surface area contributed by atoms with Crippen LogP contribution in [0.2, 0.25) is 0 Å². The van der Waals surface area contributed by atoms with Crippen LogP contribution in [0.3, 0.4) is 0 Å². The van der Waals surface area contributed by atoms with E-state index in [2.05, 4.69) is 4.74 Å². The number of hydrogen-bond donors (Lipinski definition) is 1.